The smallest absolute Gasteiger partial charge is 0.338 e. The maximum absolute atomic E-state index is 13.3. The molecule has 0 spiro atoms. The van der Waals surface area contributed by atoms with Gasteiger partial charge in [0.05, 0.1) is 12.2 Å². The van der Waals surface area contributed by atoms with E-state index in [9.17, 15) is 9.59 Å². The van der Waals surface area contributed by atoms with E-state index in [0.29, 0.717) is 48.8 Å². The first-order valence-electron chi connectivity index (χ1n) is 10.6. The minimum Gasteiger partial charge on any atom is -0.462 e. The number of halogens is 1. The number of esters is 1. The number of benzene rings is 2. The molecule has 1 N–H and O–H groups in total. The van der Waals surface area contributed by atoms with Crippen LogP contribution in [0.5, 0.6) is 0 Å². The van der Waals surface area contributed by atoms with E-state index in [4.69, 9.17) is 16.3 Å². The molecule has 2 aromatic rings. The van der Waals surface area contributed by atoms with E-state index in [2.05, 4.69) is 17.1 Å². The molecule has 6 heteroatoms. The number of nitrogens with zero attached hydrogens (tertiary/aromatic N) is 1. The van der Waals surface area contributed by atoms with Gasteiger partial charge in [-0.1, -0.05) is 61.7 Å². The molecule has 2 aromatic carbocycles. The molecule has 0 saturated carbocycles. The second-order valence-electron chi connectivity index (χ2n) is 7.57. The Morgan fingerprint density at radius 3 is 2.70 bits per heavy atom. The molecular formula is C24H29ClN2O3. The van der Waals surface area contributed by atoms with Crippen molar-refractivity contribution < 1.29 is 14.3 Å². The lowest BCUT2D eigenvalue weighted by molar-refractivity contribution is -0.127. The zero-order valence-electron chi connectivity index (χ0n) is 17.4. The third-order valence-corrected chi connectivity index (χ3v) is 5.54. The lowest BCUT2D eigenvalue weighted by Crippen LogP contribution is -2.41. The third-order valence-electron chi connectivity index (χ3n) is 5.29. The van der Waals surface area contributed by atoms with Gasteiger partial charge in [-0.15, -0.1) is 0 Å². The number of hydrogen-bond donors (Lipinski definition) is 1. The fourth-order valence-corrected chi connectivity index (χ4v) is 3.87. The Morgan fingerprint density at radius 1 is 1.17 bits per heavy atom. The number of hydrogen-bond acceptors (Lipinski definition) is 4. The molecule has 1 aliphatic heterocycles. The van der Waals surface area contributed by atoms with Crippen LogP contribution in [0.4, 0.5) is 0 Å². The van der Waals surface area contributed by atoms with Crippen LogP contribution in [0.15, 0.2) is 48.5 Å². The molecule has 1 atom stereocenters. The standard InChI is InChI=1S/C24H29ClN2O3/c1-2-3-6-14-26-23(28)22-20-8-4-5-9-21(20)24(29)30-16-7-15-27(22)17-18-10-12-19(25)13-11-18/h4-5,8-13,22H,2-3,6-7,14-17H2,1H3,(H,26,28). The van der Waals surface area contributed by atoms with Crippen molar-refractivity contribution in [2.45, 2.75) is 45.2 Å². The Morgan fingerprint density at radius 2 is 1.93 bits per heavy atom. The summed E-state index contributed by atoms with van der Waals surface area (Å²) in [4.78, 5) is 28.1. The van der Waals surface area contributed by atoms with Gasteiger partial charge in [0, 0.05) is 24.7 Å². The van der Waals surface area contributed by atoms with Gasteiger partial charge in [-0.25, -0.2) is 4.79 Å². The maximum atomic E-state index is 13.3. The first-order valence-corrected chi connectivity index (χ1v) is 11.0. The summed E-state index contributed by atoms with van der Waals surface area (Å²) in [5.41, 5.74) is 2.20. The molecule has 0 aromatic heterocycles. The molecular weight excluding hydrogens is 400 g/mol. The van der Waals surface area contributed by atoms with Gasteiger partial charge in [0.2, 0.25) is 5.91 Å². The summed E-state index contributed by atoms with van der Waals surface area (Å²) < 4.78 is 5.43. The van der Waals surface area contributed by atoms with Crippen molar-refractivity contribution >= 4 is 23.5 Å². The Balaban J connectivity index is 1.94. The quantitative estimate of drug-likeness (QED) is 0.510. The van der Waals surface area contributed by atoms with Gasteiger partial charge in [0.1, 0.15) is 6.04 Å². The van der Waals surface area contributed by atoms with E-state index in [1.54, 1.807) is 12.1 Å². The van der Waals surface area contributed by atoms with Crippen LogP contribution in [0.2, 0.25) is 5.02 Å². The average molecular weight is 429 g/mol. The van der Waals surface area contributed by atoms with Crippen LogP contribution in [0.1, 0.15) is 60.1 Å². The van der Waals surface area contributed by atoms with Crippen LogP contribution in [0, 0.1) is 0 Å². The summed E-state index contributed by atoms with van der Waals surface area (Å²) in [5, 5.41) is 3.76. The van der Waals surface area contributed by atoms with Crippen molar-refractivity contribution in [1.29, 1.82) is 0 Å². The number of carbonyl (C=O) groups excluding carboxylic acids is 2. The summed E-state index contributed by atoms with van der Waals surface area (Å²) >= 11 is 6.04. The molecule has 0 fully saturated rings. The summed E-state index contributed by atoms with van der Waals surface area (Å²) in [5.74, 6) is -0.454. The molecule has 0 saturated heterocycles. The number of rotatable bonds is 7. The number of cyclic esters (lactones) is 1. The largest absolute Gasteiger partial charge is 0.462 e. The zero-order chi connectivity index (χ0) is 21.3. The van der Waals surface area contributed by atoms with Crippen molar-refractivity contribution in [3.05, 3.63) is 70.2 Å². The van der Waals surface area contributed by atoms with Crippen LogP contribution in [-0.4, -0.2) is 36.5 Å². The van der Waals surface area contributed by atoms with E-state index < -0.39 is 6.04 Å². The predicted octanol–water partition coefficient (Wildman–Crippen LogP) is 4.75. The zero-order valence-corrected chi connectivity index (χ0v) is 18.2. The minimum atomic E-state index is -0.566. The Bertz CT molecular complexity index is 854. The number of amides is 1. The molecule has 5 nitrogen and oxygen atoms in total. The molecule has 0 radical (unpaired) electrons. The molecule has 1 heterocycles. The number of carbonyl (C=O) groups is 2. The predicted molar refractivity (Wildman–Crippen MR) is 118 cm³/mol. The van der Waals surface area contributed by atoms with Crippen LogP contribution in [0.3, 0.4) is 0 Å². The van der Waals surface area contributed by atoms with Gasteiger partial charge < -0.3 is 10.1 Å². The summed E-state index contributed by atoms with van der Waals surface area (Å²) in [6.07, 6.45) is 3.77. The van der Waals surface area contributed by atoms with Gasteiger partial charge in [-0.2, -0.15) is 0 Å². The van der Waals surface area contributed by atoms with Gasteiger partial charge in [-0.05, 0) is 42.2 Å². The third kappa shape index (κ3) is 5.83. The summed E-state index contributed by atoms with van der Waals surface area (Å²) in [6.45, 7) is 4.31. The van der Waals surface area contributed by atoms with E-state index in [0.717, 1.165) is 24.8 Å². The van der Waals surface area contributed by atoms with E-state index in [-0.39, 0.29) is 11.9 Å². The van der Waals surface area contributed by atoms with Crippen molar-refractivity contribution in [3.8, 4) is 0 Å². The van der Waals surface area contributed by atoms with Gasteiger partial charge in [0.15, 0.2) is 0 Å². The van der Waals surface area contributed by atoms with E-state index in [1.807, 2.05) is 36.4 Å². The summed E-state index contributed by atoms with van der Waals surface area (Å²) in [7, 11) is 0. The Labute approximate surface area is 183 Å². The highest BCUT2D eigenvalue weighted by Gasteiger charge is 2.32. The average Bonchev–Trinajstić information content (AvgIpc) is 2.81. The topological polar surface area (TPSA) is 58.6 Å². The number of ether oxygens (including phenoxy) is 1. The maximum Gasteiger partial charge on any atom is 0.338 e. The van der Waals surface area contributed by atoms with Gasteiger partial charge in [0.25, 0.3) is 0 Å². The Kier molecular flexibility index (Phi) is 8.29. The van der Waals surface area contributed by atoms with Crippen LogP contribution in [0.25, 0.3) is 0 Å². The highest BCUT2D eigenvalue weighted by Crippen LogP contribution is 2.29. The second-order valence-corrected chi connectivity index (χ2v) is 8.01. The minimum absolute atomic E-state index is 0.0813. The molecule has 1 unspecified atom stereocenters. The van der Waals surface area contributed by atoms with Crippen molar-refractivity contribution in [2.75, 3.05) is 19.7 Å². The molecule has 30 heavy (non-hydrogen) atoms. The molecule has 1 aliphatic rings. The first-order chi connectivity index (χ1) is 14.6. The summed E-state index contributed by atoms with van der Waals surface area (Å²) in [6, 6.07) is 14.3. The molecule has 1 amide bonds. The Hall–Kier alpha value is -2.37. The van der Waals surface area contributed by atoms with Crippen molar-refractivity contribution in [3.63, 3.8) is 0 Å². The lowest BCUT2D eigenvalue weighted by atomic mass is 9.97. The fraction of sp³-hybridized carbons (Fsp3) is 0.417. The molecule has 160 valence electrons. The van der Waals surface area contributed by atoms with Crippen LogP contribution in [-0.2, 0) is 16.1 Å². The highest BCUT2D eigenvalue weighted by molar-refractivity contribution is 6.30. The number of unbranched alkanes of at least 4 members (excludes halogenated alkanes) is 2. The van der Waals surface area contributed by atoms with E-state index >= 15 is 0 Å². The van der Waals surface area contributed by atoms with Crippen molar-refractivity contribution in [2.24, 2.45) is 0 Å². The number of nitrogens with one attached hydrogen (secondary N) is 1. The van der Waals surface area contributed by atoms with Crippen molar-refractivity contribution in [1.82, 2.24) is 10.2 Å². The monoisotopic (exact) mass is 428 g/mol. The fourth-order valence-electron chi connectivity index (χ4n) is 3.74. The lowest BCUT2D eigenvalue weighted by Gasteiger charge is -2.31. The molecule has 0 bridgehead atoms. The van der Waals surface area contributed by atoms with Gasteiger partial charge >= 0.3 is 5.97 Å². The SMILES string of the molecule is CCCCCNC(=O)C1c2ccccc2C(=O)OCCCN1Cc1ccc(Cl)cc1. The van der Waals surface area contributed by atoms with Gasteiger partial charge in [-0.3, -0.25) is 9.69 Å². The number of fused-ring (bicyclic) bond motifs is 1. The highest BCUT2D eigenvalue weighted by atomic mass is 35.5. The second kappa shape index (κ2) is 11.1. The van der Waals surface area contributed by atoms with E-state index in [1.165, 1.54) is 0 Å². The molecule has 0 aliphatic carbocycles. The first kappa shape index (κ1) is 22.3. The molecule has 3 rings (SSSR count). The normalized spacial score (nSPS) is 17.3. The van der Waals surface area contributed by atoms with Crippen LogP contribution < -0.4 is 5.32 Å². The van der Waals surface area contributed by atoms with Crippen LogP contribution >= 0.6 is 11.6 Å².